The number of carbonyl (C=O) groups is 1. The van der Waals surface area contributed by atoms with E-state index in [-0.39, 0.29) is 17.9 Å². The smallest absolute Gasteiger partial charge is 0.292 e. The largest absolute Gasteiger partial charge is 0.329 e. The third-order valence-electron chi connectivity index (χ3n) is 3.13. The number of hydrogen-bond donors (Lipinski definition) is 2. The zero-order chi connectivity index (χ0) is 13.3. The van der Waals surface area contributed by atoms with Gasteiger partial charge in [0.25, 0.3) is 5.69 Å². The molecule has 1 aliphatic carbocycles. The number of nitro groups is 1. The molecule has 0 unspecified atom stereocenters. The summed E-state index contributed by atoms with van der Waals surface area (Å²) in [5.41, 5.74) is 4.37. The number of nitrogens with zero attached hydrogens (tertiary/aromatic N) is 1. The van der Waals surface area contributed by atoms with Crippen LogP contribution < -0.4 is 11.1 Å². The fourth-order valence-corrected chi connectivity index (χ4v) is 1.70. The molecular weight excluding hydrogens is 241 g/mol. The van der Waals surface area contributed by atoms with Gasteiger partial charge in [-0.2, -0.15) is 0 Å². The van der Waals surface area contributed by atoms with Crippen LogP contribution in [-0.4, -0.2) is 17.4 Å². The Kier molecular flexibility index (Phi) is 3.00. The molecule has 0 spiro atoms. The van der Waals surface area contributed by atoms with E-state index in [1.54, 1.807) is 0 Å². The number of rotatable bonds is 4. The lowest BCUT2D eigenvalue weighted by atomic mass is 10.1. The highest BCUT2D eigenvalue weighted by Gasteiger charge is 2.48. The average Bonchev–Trinajstić information content (AvgIpc) is 3.09. The van der Waals surface area contributed by atoms with Gasteiger partial charge in [0.15, 0.2) is 0 Å². The van der Waals surface area contributed by atoms with Crippen molar-refractivity contribution < 1.29 is 14.1 Å². The van der Waals surface area contributed by atoms with E-state index in [4.69, 9.17) is 5.73 Å². The number of carbonyl (C=O) groups excluding carboxylic acids is 1. The molecule has 0 bridgehead atoms. The van der Waals surface area contributed by atoms with E-state index in [9.17, 15) is 19.3 Å². The van der Waals surface area contributed by atoms with Crippen molar-refractivity contribution in [3.8, 4) is 0 Å². The molecule has 0 aliphatic heterocycles. The molecule has 0 aromatic heterocycles. The Bertz CT molecular complexity index is 514. The van der Waals surface area contributed by atoms with Crippen LogP contribution in [-0.2, 0) is 4.79 Å². The van der Waals surface area contributed by atoms with Gasteiger partial charge in [-0.3, -0.25) is 14.9 Å². The van der Waals surface area contributed by atoms with E-state index in [0.717, 1.165) is 18.2 Å². The van der Waals surface area contributed by atoms with Crippen molar-refractivity contribution in [3.63, 3.8) is 0 Å². The summed E-state index contributed by atoms with van der Waals surface area (Å²) in [7, 11) is 0. The van der Waals surface area contributed by atoms with Crippen LogP contribution in [0.4, 0.5) is 15.8 Å². The first-order valence-electron chi connectivity index (χ1n) is 5.44. The van der Waals surface area contributed by atoms with Crippen LogP contribution in [0.25, 0.3) is 0 Å². The molecule has 0 heterocycles. The maximum atomic E-state index is 13.1. The topological polar surface area (TPSA) is 98.3 Å². The van der Waals surface area contributed by atoms with Gasteiger partial charge < -0.3 is 11.1 Å². The molecule has 7 heteroatoms. The Morgan fingerprint density at radius 3 is 2.72 bits per heavy atom. The van der Waals surface area contributed by atoms with E-state index in [0.29, 0.717) is 12.8 Å². The number of nitro benzene ring substituents is 1. The van der Waals surface area contributed by atoms with Gasteiger partial charge in [0, 0.05) is 18.7 Å². The summed E-state index contributed by atoms with van der Waals surface area (Å²) in [6.07, 6.45) is 1.30. The Hall–Kier alpha value is -2.02. The summed E-state index contributed by atoms with van der Waals surface area (Å²) < 4.78 is 13.1. The van der Waals surface area contributed by atoms with E-state index < -0.39 is 22.1 Å². The minimum Gasteiger partial charge on any atom is -0.329 e. The van der Waals surface area contributed by atoms with Gasteiger partial charge in [0.2, 0.25) is 5.91 Å². The van der Waals surface area contributed by atoms with Crippen molar-refractivity contribution in [1.29, 1.82) is 0 Å². The van der Waals surface area contributed by atoms with Crippen molar-refractivity contribution in [3.05, 3.63) is 34.1 Å². The number of nitrogens with one attached hydrogen (secondary N) is 1. The zero-order valence-corrected chi connectivity index (χ0v) is 9.48. The molecule has 18 heavy (non-hydrogen) atoms. The quantitative estimate of drug-likeness (QED) is 0.626. The predicted octanol–water partition coefficient (Wildman–Crippen LogP) is 1.41. The molecule has 96 valence electrons. The van der Waals surface area contributed by atoms with Crippen LogP contribution in [0.1, 0.15) is 12.8 Å². The average molecular weight is 253 g/mol. The first-order chi connectivity index (χ1) is 8.48. The maximum Gasteiger partial charge on any atom is 0.292 e. The van der Waals surface area contributed by atoms with Crippen molar-refractivity contribution in [1.82, 2.24) is 0 Å². The van der Waals surface area contributed by atoms with Crippen LogP contribution in [0.15, 0.2) is 18.2 Å². The van der Waals surface area contributed by atoms with Gasteiger partial charge in [0.1, 0.15) is 11.5 Å². The molecule has 6 nitrogen and oxygen atoms in total. The molecule has 1 fully saturated rings. The molecular formula is C11H12FN3O3. The fourth-order valence-electron chi connectivity index (χ4n) is 1.70. The third-order valence-corrected chi connectivity index (χ3v) is 3.13. The highest BCUT2D eigenvalue weighted by molar-refractivity contribution is 5.99. The molecule has 2 rings (SSSR count). The van der Waals surface area contributed by atoms with E-state index in [1.807, 2.05) is 0 Å². The van der Waals surface area contributed by atoms with Crippen LogP contribution in [0.3, 0.4) is 0 Å². The van der Waals surface area contributed by atoms with Crippen molar-refractivity contribution in [2.24, 2.45) is 11.1 Å². The summed E-state index contributed by atoms with van der Waals surface area (Å²) >= 11 is 0. The second kappa shape index (κ2) is 4.34. The molecule has 1 saturated carbocycles. The maximum absolute atomic E-state index is 13.1. The highest BCUT2D eigenvalue weighted by Crippen LogP contribution is 2.45. The van der Waals surface area contributed by atoms with E-state index in [2.05, 4.69) is 5.32 Å². The number of benzene rings is 1. The lowest BCUT2D eigenvalue weighted by Gasteiger charge is -2.12. The lowest BCUT2D eigenvalue weighted by Crippen LogP contribution is -2.31. The van der Waals surface area contributed by atoms with Crippen molar-refractivity contribution >= 4 is 17.3 Å². The second-order valence-electron chi connectivity index (χ2n) is 4.36. The SMILES string of the molecule is NCC1(C(=O)Nc2cc(F)ccc2[N+](=O)[O-])CC1. The fraction of sp³-hybridized carbons (Fsp3) is 0.364. The molecule has 3 N–H and O–H groups in total. The third kappa shape index (κ3) is 2.17. The number of anilines is 1. The monoisotopic (exact) mass is 253 g/mol. The molecule has 1 aromatic carbocycles. The van der Waals surface area contributed by atoms with Crippen molar-refractivity contribution in [2.45, 2.75) is 12.8 Å². The minimum atomic E-state index is -0.670. The lowest BCUT2D eigenvalue weighted by molar-refractivity contribution is -0.384. The van der Waals surface area contributed by atoms with E-state index in [1.165, 1.54) is 0 Å². The van der Waals surface area contributed by atoms with Crippen LogP contribution in [0.5, 0.6) is 0 Å². The highest BCUT2D eigenvalue weighted by atomic mass is 19.1. The van der Waals surface area contributed by atoms with Gasteiger partial charge in [-0.05, 0) is 18.9 Å². The normalized spacial score (nSPS) is 16.1. The summed E-state index contributed by atoms with van der Waals surface area (Å²) in [6, 6.07) is 2.93. The minimum absolute atomic E-state index is 0.135. The van der Waals surface area contributed by atoms with E-state index >= 15 is 0 Å². The van der Waals surface area contributed by atoms with Crippen LogP contribution >= 0.6 is 0 Å². The summed E-state index contributed by atoms with van der Waals surface area (Å²) in [4.78, 5) is 22.0. The molecule has 0 saturated heterocycles. The summed E-state index contributed by atoms with van der Waals surface area (Å²) in [5, 5.41) is 13.1. The first kappa shape index (κ1) is 12.4. The Morgan fingerprint density at radius 2 is 2.22 bits per heavy atom. The van der Waals surface area contributed by atoms with Crippen molar-refractivity contribution in [2.75, 3.05) is 11.9 Å². The molecule has 1 aliphatic rings. The van der Waals surface area contributed by atoms with Gasteiger partial charge in [-0.1, -0.05) is 0 Å². The standard InChI is InChI=1S/C11H12FN3O3/c12-7-1-2-9(15(17)18)8(5-7)14-10(16)11(6-13)3-4-11/h1-2,5H,3-4,6,13H2,(H,14,16). The Morgan fingerprint density at radius 1 is 1.56 bits per heavy atom. The number of nitrogens with two attached hydrogens (primary N) is 1. The molecule has 0 radical (unpaired) electrons. The number of hydrogen-bond acceptors (Lipinski definition) is 4. The zero-order valence-electron chi connectivity index (χ0n) is 9.48. The summed E-state index contributed by atoms with van der Waals surface area (Å²) in [5.74, 6) is -1.04. The molecule has 1 amide bonds. The van der Waals surface area contributed by atoms with Crippen LogP contribution in [0, 0.1) is 21.3 Å². The van der Waals surface area contributed by atoms with Crippen LogP contribution in [0.2, 0.25) is 0 Å². The Balaban J connectivity index is 2.25. The molecule has 0 atom stereocenters. The number of halogens is 1. The Labute approximate surface area is 102 Å². The predicted molar refractivity (Wildman–Crippen MR) is 62.4 cm³/mol. The van der Waals surface area contributed by atoms with Gasteiger partial charge in [-0.25, -0.2) is 4.39 Å². The second-order valence-corrected chi connectivity index (χ2v) is 4.36. The van der Waals surface area contributed by atoms with Gasteiger partial charge in [-0.15, -0.1) is 0 Å². The van der Waals surface area contributed by atoms with Gasteiger partial charge in [0.05, 0.1) is 10.3 Å². The first-order valence-corrected chi connectivity index (χ1v) is 5.44. The van der Waals surface area contributed by atoms with Gasteiger partial charge >= 0.3 is 0 Å². The number of amides is 1. The summed E-state index contributed by atoms with van der Waals surface area (Å²) in [6.45, 7) is 0.182. The molecule has 1 aromatic rings.